The van der Waals surface area contributed by atoms with Crippen LogP contribution in [0, 0.1) is 6.92 Å². The Morgan fingerprint density at radius 3 is 2.13 bits per heavy atom. The minimum absolute atomic E-state index is 0.113. The van der Waals surface area contributed by atoms with Gasteiger partial charge in [0, 0.05) is 12.7 Å². The van der Waals surface area contributed by atoms with Crippen molar-refractivity contribution >= 4 is 27.3 Å². The van der Waals surface area contributed by atoms with E-state index in [2.05, 4.69) is 5.32 Å². The highest BCUT2D eigenvalue weighted by Gasteiger charge is 2.12. The van der Waals surface area contributed by atoms with Crippen molar-refractivity contribution in [3.63, 3.8) is 0 Å². The smallest absolute Gasteiger partial charge is 0.231 e. The average Bonchev–Trinajstić information content (AvgIpc) is 2.49. The molecule has 2 aromatic carbocycles. The quantitative estimate of drug-likeness (QED) is 0.915. The Labute approximate surface area is 137 Å². The molecule has 1 N–H and O–H groups in total. The lowest BCUT2D eigenvalue weighted by Gasteiger charge is -2.16. The highest BCUT2D eigenvalue weighted by molar-refractivity contribution is 7.92. The van der Waals surface area contributed by atoms with E-state index in [1.807, 2.05) is 31.2 Å². The van der Waals surface area contributed by atoms with Gasteiger partial charge in [-0.3, -0.25) is 9.10 Å². The van der Waals surface area contributed by atoms with Crippen molar-refractivity contribution in [2.24, 2.45) is 0 Å². The van der Waals surface area contributed by atoms with Crippen LogP contribution in [0.15, 0.2) is 48.5 Å². The van der Waals surface area contributed by atoms with Gasteiger partial charge in [-0.2, -0.15) is 0 Å². The standard InChI is InChI=1S/C17H20N2O3S/c1-13-4-8-15(9-5-13)18-17(20)12-14-6-10-16(11-7-14)19(2)23(3,21)22/h4-11H,12H2,1-3H3,(H,18,20). The van der Waals surface area contributed by atoms with Crippen LogP contribution in [0.4, 0.5) is 11.4 Å². The average molecular weight is 332 g/mol. The maximum Gasteiger partial charge on any atom is 0.231 e. The van der Waals surface area contributed by atoms with Crippen LogP contribution >= 0.6 is 0 Å². The van der Waals surface area contributed by atoms with E-state index in [1.165, 1.54) is 11.4 Å². The summed E-state index contributed by atoms with van der Waals surface area (Å²) in [5.74, 6) is -0.113. The predicted molar refractivity (Wildman–Crippen MR) is 93.2 cm³/mol. The number of rotatable bonds is 5. The second kappa shape index (κ2) is 6.83. The highest BCUT2D eigenvalue weighted by atomic mass is 32.2. The van der Waals surface area contributed by atoms with Crippen LogP contribution in [-0.4, -0.2) is 27.6 Å². The van der Waals surface area contributed by atoms with Crippen LogP contribution in [0.5, 0.6) is 0 Å². The summed E-state index contributed by atoms with van der Waals surface area (Å²) in [5.41, 5.74) is 3.28. The number of benzene rings is 2. The van der Waals surface area contributed by atoms with E-state index < -0.39 is 10.0 Å². The first-order chi connectivity index (χ1) is 10.8. The Balaban J connectivity index is 2.00. The first kappa shape index (κ1) is 17.0. The molecule has 0 aliphatic carbocycles. The van der Waals surface area contributed by atoms with E-state index in [9.17, 15) is 13.2 Å². The number of hydrogen-bond acceptors (Lipinski definition) is 3. The molecule has 0 spiro atoms. The molecule has 2 rings (SSSR count). The first-order valence-corrected chi connectivity index (χ1v) is 9.00. The lowest BCUT2D eigenvalue weighted by molar-refractivity contribution is -0.115. The van der Waals surface area contributed by atoms with E-state index >= 15 is 0 Å². The number of nitrogens with one attached hydrogen (secondary N) is 1. The monoisotopic (exact) mass is 332 g/mol. The van der Waals surface area contributed by atoms with Crippen molar-refractivity contribution in [2.75, 3.05) is 22.9 Å². The van der Waals surface area contributed by atoms with Gasteiger partial charge in [0.05, 0.1) is 18.4 Å². The van der Waals surface area contributed by atoms with Gasteiger partial charge in [0.2, 0.25) is 15.9 Å². The lowest BCUT2D eigenvalue weighted by Crippen LogP contribution is -2.24. The molecule has 0 saturated heterocycles. The number of aryl methyl sites for hydroxylation is 1. The predicted octanol–water partition coefficient (Wildman–Crippen LogP) is 2.57. The number of amides is 1. The summed E-state index contributed by atoms with van der Waals surface area (Å²) in [4.78, 5) is 12.0. The number of carbonyl (C=O) groups excluding carboxylic acids is 1. The van der Waals surface area contributed by atoms with Crippen molar-refractivity contribution in [1.29, 1.82) is 0 Å². The summed E-state index contributed by atoms with van der Waals surface area (Å²) >= 11 is 0. The van der Waals surface area contributed by atoms with Gasteiger partial charge in [-0.25, -0.2) is 8.42 Å². The molecule has 0 radical (unpaired) electrons. The third kappa shape index (κ3) is 4.82. The zero-order chi connectivity index (χ0) is 17.0. The van der Waals surface area contributed by atoms with Crippen LogP contribution < -0.4 is 9.62 Å². The number of nitrogens with zero attached hydrogens (tertiary/aromatic N) is 1. The van der Waals surface area contributed by atoms with Gasteiger partial charge < -0.3 is 5.32 Å². The number of carbonyl (C=O) groups is 1. The lowest BCUT2D eigenvalue weighted by atomic mass is 10.1. The van der Waals surface area contributed by atoms with Crippen LogP contribution in [0.25, 0.3) is 0 Å². The molecular formula is C17H20N2O3S. The second-order valence-corrected chi connectivity index (χ2v) is 7.50. The largest absolute Gasteiger partial charge is 0.326 e. The number of anilines is 2. The van der Waals surface area contributed by atoms with Gasteiger partial charge >= 0.3 is 0 Å². The molecule has 6 heteroatoms. The first-order valence-electron chi connectivity index (χ1n) is 7.15. The minimum Gasteiger partial charge on any atom is -0.326 e. The molecule has 5 nitrogen and oxygen atoms in total. The van der Waals surface area contributed by atoms with Gasteiger partial charge in [-0.1, -0.05) is 29.8 Å². The van der Waals surface area contributed by atoms with Crippen molar-refractivity contribution < 1.29 is 13.2 Å². The van der Waals surface area contributed by atoms with Crippen molar-refractivity contribution in [2.45, 2.75) is 13.3 Å². The summed E-state index contributed by atoms with van der Waals surface area (Å²) in [6.45, 7) is 1.99. The van der Waals surface area contributed by atoms with Crippen molar-refractivity contribution in [3.05, 3.63) is 59.7 Å². The molecule has 1 amide bonds. The normalized spacial score (nSPS) is 11.1. The molecule has 2 aromatic rings. The van der Waals surface area contributed by atoms with Crippen LogP contribution in [-0.2, 0) is 21.2 Å². The number of sulfonamides is 1. The van der Waals surface area contributed by atoms with Crippen LogP contribution in [0.2, 0.25) is 0 Å². The van der Waals surface area contributed by atoms with Crippen LogP contribution in [0.1, 0.15) is 11.1 Å². The third-order valence-corrected chi connectivity index (χ3v) is 4.70. The molecule has 0 atom stereocenters. The molecule has 0 fully saturated rings. The van der Waals surface area contributed by atoms with Gasteiger partial charge in [-0.15, -0.1) is 0 Å². The van der Waals surface area contributed by atoms with Gasteiger partial charge in [0.15, 0.2) is 0 Å². The minimum atomic E-state index is -3.28. The Hall–Kier alpha value is -2.34. The molecular weight excluding hydrogens is 312 g/mol. The Kier molecular flexibility index (Phi) is 5.05. The fraction of sp³-hybridized carbons (Fsp3) is 0.235. The van der Waals surface area contributed by atoms with Gasteiger partial charge in [-0.05, 0) is 36.8 Å². The zero-order valence-corrected chi connectivity index (χ0v) is 14.2. The van der Waals surface area contributed by atoms with E-state index in [0.29, 0.717) is 5.69 Å². The van der Waals surface area contributed by atoms with E-state index in [4.69, 9.17) is 0 Å². The molecule has 0 aliphatic heterocycles. The topological polar surface area (TPSA) is 66.5 Å². The van der Waals surface area contributed by atoms with E-state index in [-0.39, 0.29) is 12.3 Å². The molecule has 0 saturated carbocycles. The fourth-order valence-corrected chi connectivity index (χ4v) is 2.55. The summed E-state index contributed by atoms with van der Waals surface area (Å²) in [5, 5.41) is 2.83. The molecule has 23 heavy (non-hydrogen) atoms. The molecule has 0 aliphatic rings. The SMILES string of the molecule is Cc1ccc(NC(=O)Cc2ccc(N(C)S(C)(=O)=O)cc2)cc1. The Bertz CT molecular complexity index is 782. The van der Waals surface area contributed by atoms with Crippen molar-refractivity contribution in [3.8, 4) is 0 Å². The second-order valence-electron chi connectivity index (χ2n) is 5.49. The van der Waals surface area contributed by atoms with Gasteiger partial charge in [0.1, 0.15) is 0 Å². The van der Waals surface area contributed by atoms with Crippen molar-refractivity contribution in [1.82, 2.24) is 0 Å². The fourth-order valence-electron chi connectivity index (χ4n) is 2.04. The molecule has 0 heterocycles. The molecule has 122 valence electrons. The third-order valence-electron chi connectivity index (χ3n) is 3.50. The zero-order valence-electron chi connectivity index (χ0n) is 13.4. The maximum atomic E-state index is 12.0. The summed E-state index contributed by atoms with van der Waals surface area (Å²) in [6.07, 6.45) is 1.38. The number of hydrogen-bond donors (Lipinski definition) is 1. The summed E-state index contributed by atoms with van der Waals surface area (Å²) in [7, 11) is -1.79. The maximum absolute atomic E-state index is 12.0. The van der Waals surface area contributed by atoms with E-state index in [0.717, 1.165) is 23.1 Å². The van der Waals surface area contributed by atoms with E-state index in [1.54, 1.807) is 24.3 Å². The summed E-state index contributed by atoms with van der Waals surface area (Å²) < 4.78 is 24.2. The Morgan fingerprint density at radius 2 is 1.61 bits per heavy atom. The van der Waals surface area contributed by atoms with Crippen LogP contribution in [0.3, 0.4) is 0 Å². The Morgan fingerprint density at radius 1 is 1.04 bits per heavy atom. The summed E-state index contributed by atoms with van der Waals surface area (Å²) in [6, 6.07) is 14.5. The molecule has 0 bridgehead atoms. The van der Waals surface area contributed by atoms with Gasteiger partial charge in [0.25, 0.3) is 0 Å². The molecule has 0 unspecified atom stereocenters. The molecule has 0 aromatic heterocycles. The highest BCUT2D eigenvalue weighted by Crippen LogP contribution is 2.17.